The standard InChI is InChI=1S/C14H24N4O2S/c1-3-15-14-7-6-13(10-16-14)21(19,20)17-12(2)11-18-8-4-5-9-18/h6-7,10,12,17H,3-5,8-9,11H2,1-2H3,(H,15,16). The summed E-state index contributed by atoms with van der Waals surface area (Å²) in [5.74, 6) is 0.682. The van der Waals surface area contributed by atoms with Crippen LogP contribution in [0.4, 0.5) is 5.82 Å². The van der Waals surface area contributed by atoms with Crippen molar-refractivity contribution in [3.8, 4) is 0 Å². The number of nitrogens with zero attached hydrogens (tertiary/aromatic N) is 2. The second-order valence-corrected chi connectivity index (χ2v) is 7.15. The summed E-state index contributed by atoms with van der Waals surface area (Å²) in [6, 6.07) is 3.15. The second-order valence-electron chi connectivity index (χ2n) is 5.44. The minimum absolute atomic E-state index is 0.110. The summed E-state index contributed by atoms with van der Waals surface area (Å²) in [7, 11) is -3.50. The van der Waals surface area contributed by atoms with Gasteiger partial charge in [-0.1, -0.05) is 0 Å². The average Bonchev–Trinajstić information content (AvgIpc) is 2.92. The Morgan fingerprint density at radius 2 is 2.05 bits per heavy atom. The van der Waals surface area contributed by atoms with Crippen molar-refractivity contribution >= 4 is 15.8 Å². The van der Waals surface area contributed by atoms with E-state index in [1.165, 1.54) is 19.0 Å². The van der Waals surface area contributed by atoms with Gasteiger partial charge in [-0.25, -0.2) is 18.1 Å². The van der Waals surface area contributed by atoms with E-state index >= 15 is 0 Å². The Balaban J connectivity index is 1.96. The smallest absolute Gasteiger partial charge is 0.242 e. The van der Waals surface area contributed by atoms with Crippen LogP contribution in [0.2, 0.25) is 0 Å². The van der Waals surface area contributed by atoms with Crippen LogP contribution in [0.25, 0.3) is 0 Å². The van der Waals surface area contributed by atoms with Gasteiger partial charge in [-0.15, -0.1) is 0 Å². The highest BCUT2D eigenvalue weighted by Gasteiger charge is 2.20. The maximum Gasteiger partial charge on any atom is 0.242 e. The zero-order valence-electron chi connectivity index (χ0n) is 12.7. The van der Waals surface area contributed by atoms with Crippen LogP contribution in [0.15, 0.2) is 23.2 Å². The molecule has 1 aliphatic rings. The van der Waals surface area contributed by atoms with Crippen LogP contribution >= 0.6 is 0 Å². The zero-order valence-corrected chi connectivity index (χ0v) is 13.5. The maximum atomic E-state index is 12.3. The lowest BCUT2D eigenvalue weighted by Crippen LogP contribution is -2.41. The monoisotopic (exact) mass is 312 g/mol. The normalized spacial score (nSPS) is 17.8. The molecule has 0 bridgehead atoms. The van der Waals surface area contributed by atoms with Crippen molar-refractivity contribution < 1.29 is 8.42 Å². The Bertz CT molecular complexity index is 539. The number of hydrogen-bond donors (Lipinski definition) is 2. The first-order valence-corrected chi connectivity index (χ1v) is 8.94. The van der Waals surface area contributed by atoms with E-state index in [0.717, 1.165) is 26.2 Å². The molecule has 0 radical (unpaired) electrons. The number of nitrogens with one attached hydrogen (secondary N) is 2. The molecule has 1 aromatic heterocycles. The first-order chi connectivity index (χ1) is 10.0. The van der Waals surface area contributed by atoms with Gasteiger partial charge in [0.15, 0.2) is 0 Å². The van der Waals surface area contributed by atoms with Gasteiger partial charge in [-0.05, 0) is 51.9 Å². The highest BCUT2D eigenvalue weighted by Crippen LogP contribution is 2.12. The van der Waals surface area contributed by atoms with Gasteiger partial charge in [-0.2, -0.15) is 0 Å². The molecule has 2 heterocycles. The molecule has 1 atom stereocenters. The van der Waals surface area contributed by atoms with E-state index in [-0.39, 0.29) is 10.9 Å². The Kier molecular flexibility index (Phi) is 5.55. The summed E-state index contributed by atoms with van der Waals surface area (Å²) in [4.78, 5) is 6.60. The van der Waals surface area contributed by atoms with Gasteiger partial charge < -0.3 is 10.2 Å². The van der Waals surface area contributed by atoms with Gasteiger partial charge in [-0.3, -0.25) is 0 Å². The molecule has 1 aliphatic heterocycles. The molecule has 2 rings (SSSR count). The molecule has 0 amide bonds. The fourth-order valence-corrected chi connectivity index (χ4v) is 3.73. The van der Waals surface area contributed by atoms with Crippen LogP contribution in [0.3, 0.4) is 0 Å². The number of aromatic nitrogens is 1. The molecular weight excluding hydrogens is 288 g/mol. The predicted octanol–water partition coefficient (Wildman–Crippen LogP) is 1.28. The average molecular weight is 312 g/mol. The van der Waals surface area contributed by atoms with Crippen molar-refractivity contribution in [1.29, 1.82) is 0 Å². The molecule has 2 N–H and O–H groups in total. The number of likely N-dealkylation sites (tertiary alicyclic amines) is 1. The lowest BCUT2D eigenvalue weighted by atomic mass is 10.3. The van der Waals surface area contributed by atoms with Gasteiger partial charge in [0.25, 0.3) is 0 Å². The van der Waals surface area contributed by atoms with E-state index in [4.69, 9.17) is 0 Å². The molecule has 7 heteroatoms. The molecule has 0 saturated carbocycles. The van der Waals surface area contributed by atoms with E-state index < -0.39 is 10.0 Å². The SMILES string of the molecule is CCNc1ccc(S(=O)(=O)NC(C)CN2CCCC2)cn1. The molecule has 1 aromatic rings. The van der Waals surface area contributed by atoms with Crippen molar-refractivity contribution in [3.63, 3.8) is 0 Å². The number of anilines is 1. The Hall–Kier alpha value is -1.18. The van der Waals surface area contributed by atoms with Crippen molar-refractivity contribution in [2.24, 2.45) is 0 Å². The molecule has 1 unspecified atom stereocenters. The van der Waals surface area contributed by atoms with Crippen molar-refractivity contribution in [2.45, 2.75) is 37.6 Å². The van der Waals surface area contributed by atoms with E-state index in [1.54, 1.807) is 12.1 Å². The van der Waals surface area contributed by atoms with Gasteiger partial charge in [0.2, 0.25) is 10.0 Å². The van der Waals surface area contributed by atoms with Gasteiger partial charge >= 0.3 is 0 Å². The second kappa shape index (κ2) is 7.20. The molecule has 0 spiro atoms. The molecule has 1 saturated heterocycles. The van der Waals surface area contributed by atoms with Crippen LogP contribution in [0.1, 0.15) is 26.7 Å². The molecule has 21 heavy (non-hydrogen) atoms. The number of pyridine rings is 1. The highest BCUT2D eigenvalue weighted by molar-refractivity contribution is 7.89. The van der Waals surface area contributed by atoms with E-state index in [1.807, 2.05) is 13.8 Å². The molecule has 0 aliphatic carbocycles. The zero-order chi connectivity index (χ0) is 15.3. The summed E-state index contributed by atoms with van der Waals surface area (Å²) >= 11 is 0. The van der Waals surface area contributed by atoms with E-state index in [9.17, 15) is 8.42 Å². The molecule has 6 nitrogen and oxygen atoms in total. The van der Waals surface area contributed by atoms with Gasteiger partial charge in [0.1, 0.15) is 10.7 Å². The van der Waals surface area contributed by atoms with Crippen LogP contribution in [0, 0.1) is 0 Å². The van der Waals surface area contributed by atoms with Crippen molar-refractivity contribution in [3.05, 3.63) is 18.3 Å². The number of rotatable bonds is 7. The fourth-order valence-electron chi connectivity index (χ4n) is 2.55. The van der Waals surface area contributed by atoms with Gasteiger partial charge in [0.05, 0.1) is 0 Å². The van der Waals surface area contributed by atoms with Crippen molar-refractivity contribution in [2.75, 3.05) is 31.5 Å². The number of hydrogen-bond acceptors (Lipinski definition) is 5. The van der Waals surface area contributed by atoms with E-state index in [0.29, 0.717) is 5.82 Å². The first kappa shape index (κ1) is 16.2. The molecule has 118 valence electrons. The third-order valence-electron chi connectivity index (χ3n) is 3.49. The largest absolute Gasteiger partial charge is 0.370 e. The lowest BCUT2D eigenvalue weighted by molar-refractivity contribution is 0.313. The van der Waals surface area contributed by atoms with Crippen LogP contribution in [-0.4, -0.2) is 50.5 Å². The topological polar surface area (TPSA) is 74.3 Å². The summed E-state index contributed by atoms with van der Waals surface area (Å²) < 4.78 is 27.3. The molecule has 1 fully saturated rings. The fraction of sp³-hybridized carbons (Fsp3) is 0.643. The third-order valence-corrected chi connectivity index (χ3v) is 5.07. The van der Waals surface area contributed by atoms with Crippen LogP contribution in [0.5, 0.6) is 0 Å². The predicted molar refractivity (Wildman–Crippen MR) is 83.9 cm³/mol. The van der Waals surface area contributed by atoms with Crippen molar-refractivity contribution in [1.82, 2.24) is 14.6 Å². The minimum Gasteiger partial charge on any atom is -0.370 e. The molecular formula is C14H24N4O2S. The molecule has 0 aromatic carbocycles. The summed E-state index contributed by atoms with van der Waals surface area (Å²) in [5, 5.41) is 3.04. The van der Waals surface area contributed by atoms with Crippen LogP contribution < -0.4 is 10.0 Å². The minimum atomic E-state index is -3.50. The number of sulfonamides is 1. The third kappa shape index (κ3) is 4.66. The van der Waals surface area contributed by atoms with Crippen LogP contribution in [-0.2, 0) is 10.0 Å². The maximum absolute atomic E-state index is 12.3. The van der Waals surface area contributed by atoms with E-state index in [2.05, 4.69) is 19.9 Å². The first-order valence-electron chi connectivity index (χ1n) is 7.46. The quantitative estimate of drug-likeness (QED) is 0.793. The summed E-state index contributed by atoms with van der Waals surface area (Å²) in [6.45, 7) is 7.49. The Morgan fingerprint density at radius 1 is 1.33 bits per heavy atom. The summed E-state index contributed by atoms with van der Waals surface area (Å²) in [5.41, 5.74) is 0. The van der Waals surface area contributed by atoms with Gasteiger partial charge in [0, 0.05) is 25.3 Å². The Morgan fingerprint density at radius 3 is 2.62 bits per heavy atom. The summed E-state index contributed by atoms with van der Waals surface area (Å²) in [6.07, 6.45) is 3.80. The Labute approximate surface area is 127 Å². The lowest BCUT2D eigenvalue weighted by Gasteiger charge is -2.21. The highest BCUT2D eigenvalue weighted by atomic mass is 32.2.